The minimum atomic E-state index is -3.89. The summed E-state index contributed by atoms with van der Waals surface area (Å²) >= 11 is 0. The average molecular weight is 438 g/mol. The number of aromatic nitrogens is 4. The fraction of sp³-hybridized carbons (Fsp3) is 0.318. The molecule has 0 saturated carbocycles. The number of hydrogen-bond acceptors (Lipinski definition) is 7. The minimum absolute atomic E-state index is 0.124. The van der Waals surface area contributed by atoms with Crippen LogP contribution < -0.4 is 5.32 Å². The molecule has 4 aromatic rings. The molecule has 0 spiro atoms. The molecule has 3 heterocycles. The third-order valence-electron chi connectivity index (χ3n) is 5.79. The van der Waals surface area contributed by atoms with Crippen molar-refractivity contribution in [2.75, 3.05) is 18.5 Å². The zero-order valence-corrected chi connectivity index (χ0v) is 18.2. The van der Waals surface area contributed by atoms with Crippen molar-refractivity contribution >= 4 is 32.2 Å². The van der Waals surface area contributed by atoms with Crippen molar-refractivity contribution < 1.29 is 13.2 Å². The van der Waals surface area contributed by atoms with E-state index in [9.17, 15) is 8.42 Å². The molecule has 0 aliphatic carbocycles. The second-order valence-corrected chi connectivity index (χ2v) is 9.74. The molecule has 1 aliphatic heterocycles. The number of rotatable bonds is 5. The highest BCUT2D eigenvalue weighted by molar-refractivity contribution is 7.91. The largest absolute Gasteiger partial charge is 0.376 e. The highest BCUT2D eigenvalue weighted by Gasteiger charge is 2.27. The summed E-state index contributed by atoms with van der Waals surface area (Å²) in [6, 6.07) is 12.7. The Balaban J connectivity index is 1.65. The van der Waals surface area contributed by atoms with Gasteiger partial charge in [0.15, 0.2) is 5.65 Å². The molecule has 1 aliphatic rings. The first-order valence-corrected chi connectivity index (χ1v) is 11.8. The van der Waals surface area contributed by atoms with Crippen molar-refractivity contribution in [3.63, 3.8) is 0 Å². The molecular weight excluding hydrogens is 414 g/mol. The molecule has 31 heavy (non-hydrogen) atoms. The molecular formula is C22H23N5O3S. The van der Waals surface area contributed by atoms with Gasteiger partial charge in [-0.05, 0) is 62.1 Å². The molecule has 8 nitrogen and oxygen atoms in total. The first-order valence-electron chi connectivity index (χ1n) is 10.3. The topological polar surface area (TPSA) is 98.5 Å². The molecule has 2 aromatic heterocycles. The number of benzene rings is 2. The predicted octanol–water partition coefficient (Wildman–Crippen LogP) is 3.32. The lowest BCUT2D eigenvalue weighted by molar-refractivity contribution is 0.120. The van der Waals surface area contributed by atoms with Crippen LogP contribution in [0.3, 0.4) is 0 Å². The summed E-state index contributed by atoms with van der Waals surface area (Å²) in [5.74, 6) is 0.595. The van der Waals surface area contributed by atoms with E-state index in [1.807, 2.05) is 38.1 Å². The van der Waals surface area contributed by atoms with Crippen LogP contribution in [-0.2, 0) is 14.6 Å². The second-order valence-electron chi connectivity index (χ2n) is 7.87. The second kappa shape index (κ2) is 7.58. The monoisotopic (exact) mass is 437 g/mol. The average Bonchev–Trinajstić information content (AvgIpc) is 3.44. The lowest BCUT2D eigenvalue weighted by Crippen LogP contribution is -2.19. The fourth-order valence-corrected chi connectivity index (χ4v) is 5.18. The van der Waals surface area contributed by atoms with E-state index < -0.39 is 9.84 Å². The maximum Gasteiger partial charge on any atom is 0.229 e. The summed E-state index contributed by atoms with van der Waals surface area (Å²) in [7, 11) is -3.89. The van der Waals surface area contributed by atoms with Gasteiger partial charge in [0.05, 0.1) is 16.5 Å². The van der Waals surface area contributed by atoms with E-state index in [1.165, 1.54) is 4.52 Å². The predicted molar refractivity (Wildman–Crippen MR) is 117 cm³/mol. The third-order valence-corrected chi connectivity index (χ3v) is 7.43. The van der Waals surface area contributed by atoms with Crippen LogP contribution in [-0.4, -0.2) is 47.5 Å². The van der Waals surface area contributed by atoms with Gasteiger partial charge in [0.1, 0.15) is 5.82 Å². The van der Waals surface area contributed by atoms with Gasteiger partial charge in [-0.2, -0.15) is 4.52 Å². The Bertz CT molecular complexity index is 1390. The zero-order valence-electron chi connectivity index (χ0n) is 17.4. The molecule has 1 saturated heterocycles. The van der Waals surface area contributed by atoms with Gasteiger partial charge in [-0.25, -0.2) is 13.4 Å². The lowest BCUT2D eigenvalue weighted by atomic mass is 10.1. The summed E-state index contributed by atoms with van der Waals surface area (Å²) in [6.07, 6.45) is 2.16. The Morgan fingerprint density at radius 3 is 2.77 bits per heavy atom. The van der Waals surface area contributed by atoms with E-state index in [0.29, 0.717) is 12.4 Å². The van der Waals surface area contributed by atoms with Crippen molar-refractivity contribution in [2.24, 2.45) is 0 Å². The maximum atomic E-state index is 13.4. The number of anilines is 1. The summed E-state index contributed by atoms with van der Waals surface area (Å²) in [5.41, 5.74) is 2.86. The summed E-state index contributed by atoms with van der Waals surface area (Å²) in [4.78, 5) is 4.83. The van der Waals surface area contributed by atoms with Crippen LogP contribution in [0.25, 0.3) is 16.6 Å². The molecule has 1 atom stereocenters. The van der Waals surface area contributed by atoms with E-state index in [4.69, 9.17) is 4.74 Å². The van der Waals surface area contributed by atoms with Gasteiger partial charge < -0.3 is 10.1 Å². The number of nitrogens with zero attached hydrogens (tertiary/aromatic N) is 4. The first kappa shape index (κ1) is 19.9. The van der Waals surface area contributed by atoms with Crippen molar-refractivity contribution in [2.45, 2.75) is 42.7 Å². The van der Waals surface area contributed by atoms with Crippen LogP contribution in [0, 0.1) is 13.8 Å². The van der Waals surface area contributed by atoms with E-state index in [1.54, 1.807) is 18.2 Å². The number of sulfone groups is 1. The smallest absolute Gasteiger partial charge is 0.229 e. The van der Waals surface area contributed by atoms with Crippen LogP contribution in [0.4, 0.5) is 5.82 Å². The number of ether oxygens (including phenoxy) is 1. The number of aryl methyl sites for hydroxylation is 2. The van der Waals surface area contributed by atoms with Crippen molar-refractivity contribution in [1.82, 2.24) is 19.8 Å². The molecule has 9 heteroatoms. The van der Waals surface area contributed by atoms with E-state index >= 15 is 0 Å². The van der Waals surface area contributed by atoms with Crippen LogP contribution in [0.2, 0.25) is 0 Å². The number of nitrogens with one attached hydrogen (secondary N) is 1. The van der Waals surface area contributed by atoms with Crippen LogP contribution in [0.1, 0.15) is 24.0 Å². The third kappa shape index (κ3) is 3.43. The number of para-hydroxylation sites is 1. The van der Waals surface area contributed by atoms with Gasteiger partial charge >= 0.3 is 0 Å². The Morgan fingerprint density at radius 2 is 2.00 bits per heavy atom. The van der Waals surface area contributed by atoms with E-state index in [0.717, 1.165) is 41.5 Å². The standard InChI is InChI=1S/C22H23N5O3S/c1-14-9-10-17(12-15(14)2)31(28,29)22-21-24-20(23-13-16-6-5-11-30-16)18-7-3-4-8-19(18)27(21)26-25-22/h3-4,7-10,12,16H,5-6,11,13H2,1-2H3,(H,23,24). The summed E-state index contributed by atoms with van der Waals surface area (Å²) in [5, 5.41) is 12.2. The number of fused-ring (bicyclic) bond motifs is 3. The highest BCUT2D eigenvalue weighted by atomic mass is 32.2. The molecule has 0 amide bonds. The van der Waals surface area contributed by atoms with Gasteiger partial charge in [0.2, 0.25) is 14.9 Å². The van der Waals surface area contributed by atoms with Crippen molar-refractivity contribution in [3.8, 4) is 0 Å². The van der Waals surface area contributed by atoms with Crippen LogP contribution in [0.15, 0.2) is 52.4 Å². The summed E-state index contributed by atoms with van der Waals surface area (Å²) in [6.45, 7) is 5.20. The van der Waals surface area contributed by atoms with Gasteiger partial charge in [-0.1, -0.05) is 23.4 Å². The molecule has 1 fully saturated rings. The Hall–Kier alpha value is -3.04. The normalized spacial score (nSPS) is 16.9. The SMILES string of the molecule is Cc1ccc(S(=O)(=O)c2nnn3c2nc(NCC2CCCO2)c2ccccc23)cc1C. The van der Waals surface area contributed by atoms with E-state index in [-0.39, 0.29) is 21.7 Å². The van der Waals surface area contributed by atoms with Gasteiger partial charge in [0, 0.05) is 18.5 Å². The lowest BCUT2D eigenvalue weighted by Gasteiger charge is -2.13. The van der Waals surface area contributed by atoms with Crippen molar-refractivity contribution in [1.29, 1.82) is 0 Å². The Labute approximate surface area is 180 Å². The number of hydrogen-bond donors (Lipinski definition) is 1. The highest BCUT2D eigenvalue weighted by Crippen LogP contribution is 2.29. The maximum absolute atomic E-state index is 13.4. The Kier molecular flexibility index (Phi) is 4.86. The molecule has 5 rings (SSSR count). The molecule has 1 unspecified atom stereocenters. The van der Waals surface area contributed by atoms with Gasteiger partial charge in [-0.15, -0.1) is 5.10 Å². The van der Waals surface area contributed by atoms with Crippen LogP contribution in [0.5, 0.6) is 0 Å². The van der Waals surface area contributed by atoms with Crippen LogP contribution >= 0.6 is 0 Å². The molecule has 1 N–H and O–H groups in total. The minimum Gasteiger partial charge on any atom is -0.376 e. The quantitative estimate of drug-likeness (QED) is 0.511. The van der Waals surface area contributed by atoms with Gasteiger partial charge in [-0.3, -0.25) is 0 Å². The zero-order chi connectivity index (χ0) is 21.6. The van der Waals surface area contributed by atoms with Crippen molar-refractivity contribution in [3.05, 3.63) is 53.6 Å². The summed E-state index contributed by atoms with van der Waals surface area (Å²) < 4.78 is 34.0. The Morgan fingerprint density at radius 1 is 1.16 bits per heavy atom. The first-order chi connectivity index (χ1) is 14.9. The fourth-order valence-electron chi connectivity index (χ4n) is 3.86. The van der Waals surface area contributed by atoms with Gasteiger partial charge in [0.25, 0.3) is 0 Å². The molecule has 2 aromatic carbocycles. The molecule has 0 radical (unpaired) electrons. The van der Waals surface area contributed by atoms with E-state index in [2.05, 4.69) is 20.6 Å². The molecule has 160 valence electrons. The molecule has 0 bridgehead atoms.